The minimum absolute atomic E-state index is 0.0118. The number of carbonyl (C=O) groups excluding carboxylic acids is 3. The minimum atomic E-state index is -0.859. The summed E-state index contributed by atoms with van der Waals surface area (Å²) in [5.74, 6) is -1.09. The lowest BCUT2D eigenvalue weighted by molar-refractivity contribution is -0.122. The molecule has 3 aromatic carbocycles. The van der Waals surface area contributed by atoms with E-state index in [1.165, 1.54) is 30.3 Å². The van der Waals surface area contributed by atoms with Gasteiger partial charge < -0.3 is 9.84 Å². The molecule has 1 aliphatic heterocycles. The molecule has 1 heterocycles. The van der Waals surface area contributed by atoms with Crippen molar-refractivity contribution in [1.29, 1.82) is 0 Å². The molecule has 32 heavy (non-hydrogen) atoms. The van der Waals surface area contributed by atoms with Crippen LogP contribution in [0.15, 0.2) is 82.8 Å². The number of amides is 4. The van der Waals surface area contributed by atoms with E-state index >= 15 is 0 Å². The summed E-state index contributed by atoms with van der Waals surface area (Å²) >= 11 is 3.39. The topological polar surface area (TPSA) is 95.9 Å². The molecule has 1 saturated heterocycles. The number of barbiturate groups is 1. The number of anilines is 1. The monoisotopic (exact) mass is 492 g/mol. The van der Waals surface area contributed by atoms with Crippen LogP contribution in [0.25, 0.3) is 6.08 Å². The second kappa shape index (κ2) is 9.07. The summed E-state index contributed by atoms with van der Waals surface area (Å²) in [4.78, 5) is 38.6. The molecule has 0 aliphatic carbocycles. The Labute approximate surface area is 192 Å². The zero-order chi connectivity index (χ0) is 22.7. The molecule has 0 aromatic heterocycles. The van der Waals surface area contributed by atoms with Crippen molar-refractivity contribution in [2.24, 2.45) is 0 Å². The molecule has 1 aliphatic rings. The van der Waals surface area contributed by atoms with Crippen molar-refractivity contribution in [2.45, 2.75) is 6.61 Å². The highest BCUT2D eigenvalue weighted by Crippen LogP contribution is 2.27. The molecule has 1 fully saturated rings. The number of aromatic hydroxyl groups is 1. The quantitative estimate of drug-likeness (QED) is 0.406. The van der Waals surface area contributed by atoms with Crippen molar-refractivity contribution < 1.29 is 24.2 Å². The van der Waals surface area contributed by atoms with Gasteiger partial charge in [-0.1, -0.05) is 46.3 Å². The van der Waals surface area contributed by atoms with Crippen LogP contribution in [-0.2, 0) is 16.2 Å². The first-order valence-electron chi connectivity index (χ1n) is 9.59. The van der Waals surface area contributed by atoms with E-state index < -0.39 is 17.8 Å². The second-order valence-electron chi connectivity index (χ2n) is 6.93. The van der Waals surface area contributed by atoms with Crippen molar-refractivity contribution in [2.75, 3.05) is 4.90 Å². The Morgan fingerprint density at radius 1 is 0.938 bits per heavy atom. The number of ether oxygens (including phenoxy) is 1. The predicted octanol–water partition coefficient (Wildman–Crippen LogP) is 4.40. The third kappa shape index (κ3) is 4.55. The van der Waals surface area contributed by atoms with Crippen molar-refractivity contribution in [3.63, 3.8) is 0 Å². The summed E-state index contributed by atoms with van der Waals surface area (Å²) in [7, 11) is 0. The number of halogens is 1. The SMILES string of the molecule is O=C1NC(=O)N(c2ccc(O)cc2)C(=O)/C1=C\c1ccccc1OCc1ccc(Br)cc1. The summed E-state index contributed by atoms with van der Waals surface area (Å²) < 4.78 is 6.87. The number of para-hydroxylation sites is 1. The number of hydrogen-bond donors (Lipinski definition) is 2. The van der Waals surface area contributed by atoms with Crippen LogP contribution < -0.4 is 15.0 Å². The van der Waals surface area contributed by atoms with Gasteiger partial charge in [0.2, 0.25) is 0 Å². The number of phenolic OH excluding ortho intramolecular Hbond substituents is 1. The average Bonchev–Trinajstić information content (AvgIpc) is 2.78. The van der Waals surface area contributed by atoms with Crippen LogP contribution in [0.5, 0.6) is 11.5 Å². The highest BCUT2D eigenvalue weighted by Gasteiger charge is 2.36. The van der Waals surface area contributed by atoms with Gasteiger partial charge in [0.25, 0.3) is 11.8 Å². The molecule has 0 radical (unpaired) electrons. The third-order valence-electron chi connectivity index (χ3n) is 4.74. The molecular formula is C24H17BrN2O5. The fourth-order valence-electron chi connectivity index (χ4n) is 3.12. The van der Waals surface area contributed by atoms with Crippen LogP contribution in [0.4, 0.5) is 10.5 Å². The first kappa shape index (κ1) is 21.3. The van der Waals surface area contributed by atoms with Gasteiger partial charge in [-0.15, -0.1) is 0 Å². The van der Waals surface area contributed by atoms with Gasteiger partial charge >= 0.3 is 6.03 Å². The Morgan fingerprint density at radius 3 is 2.34 bits per heavy atom. The molecule has 8 heteroatoms. The predicted molar refractivity (Wildman–Crippen MR) is 122 cm³/mol. The van der Waals surface area contributed by atoms with E-state index in [4.69, 9.17) is 4.74 Å². The number of rotatable bonds is 5. The van der Waals surface area contributed by atoms with Gasteiger partial charge in [-0.05, 0) is 54.1 Å². The fourth-order valence-corrected chi connectivity index (χ4v) is 3.39. The van der Waals surface area contributed by atoms with Crippen molar-refractivity contribution >= 4 is 45.5 Å². The van der Waals surface area contributed by atoms with E-state index in [0.29, 0.717) is 17.9 Å². The van der Waals surface area contributed by atoms with Crippen LogP contribution in [0.2, 0.25) is 0 Å². The number of nitrogens with one attached hydrogen (secondary N) is 1. The van der Waals surface area contributed by atoms with Gasteiger partial charge in [-0.3, -0.25) is 14.9 Å². The smallest absolute Gasteiger partial charge is 0.335 e. The molecule has 0 bridgehead atoms. The van der Waals surface area contributed by atoms with E-state index in [1.807, 2.05) is 24.3 Å². The lowest BCUT2D eigenvalue weighted by atomic mass is 10.1. The molecule has 0 atom stereocenters. The highest BCUT2D eigenvalue weighted by molar-refractivity contribution is 9.10. The fraction of sp³-hybridized carbons (Fsp3) is 0.0417. The molecule has 3 aromatic rings. The summed E-state index contributed by atoms with van der Waals surface area (Å²) in [5.41, 5.74) is 1.48. The molecule has 2 N–H and O–H groups in total. The van der Waals surface area contributed by atoms with Crippen LogP contribution >= 0.6 is 15.9 Å². The Bertz CT molecular complexity index is 1220. The summed E-state index contributed by atoms with van der Waals surface area (Å²) in [6, 6.07) is 19.3. The van der Waals surface area contributed by atoms with E-state index in [-0.39, 0.29) is 17.0 Å². The van der Waals surface area contributed by atoms with Crippen molar-refractivity contribution in [3.8, 4) is 11.5 Å². The number of hydrogen-bond acceptors (Lipinski definition) is 5. The molecule has 0 unspecified atom stereocenters. The maximum atomic E-state index is 13.0. The zero-order valence-corrected chi connectivity index (χ0v) is 18.2. The Balaban J connectivity index is 1.62. The highest BCUT2D eigenvalue weighted by atomic mass is 79.9. The number of urea groups is 1. The summed E-state index contributed by atoms with van der Waals surface area (Å²) in [5, 5.41) is 11.6. The molecule has 160 valence electrons. The van der Waals surface area contributed by atoms with Crippen LogP contribution in [0.3, 0.4) is 0 Å². The number of nitrogens with zero attached hydrogens (tertiary/aromatic N) is 1. The van der Waals surface area contributed by atoms with Gasteiger partial charge in [0.1, 0.15) is 23.7 Å². The van der Waals surface area contributed by atoms with Crippen LogP contribution in [0.1, 0.15) is 11.1 Å². The molecule has 4 rings (SSSR count). The second-order valence-corrected chi connectivity index (χ2v) is 7.84. The van der Waals surface area contributed by atoms with Gasteiger partial charge in [0.05, 0.1) is 5.69 Å². The number of phenols is 1. The first-order chi connectivity index (χ1) is 15.4. The van der Waals surface area contributed by atoms with Gasteiger partial charge in [0.15, 0.2) is 0 Å². The zero-order valence-electron chi connectivity index (χ0n) is 16.6. The van der Waals surface area contributed by atoms with E-state index in [0.717, 1.165) is 14.9 Å². The standard InChI is InChI=1S/C24H17BrN2O5/c25-17-7-5-15(6-8-17)14-32-21-4-2-1-3-16(21)13-20-22(29)26-24(31)27(23(20)30)18-9-11-19(28)12-10-18/h1-13,28H,14H2,(H,26,29,31)/b20-13-. The molecular weight excluding hydrogens is 476 g/mol. The van der Waals surface area contributed by atoms with Gasteiger partial charge in [0, 0.05) is 10.0 Å². The Morgan fingerprint density at radius 2 is 1.62 bits per heavy atom. The van der Waals surface area contributed by atoms with Crippen molar-refractivity contribution in [1.82, 2.24) is 5.32 Å². The average molecular weight is 493 g/mol. The number of imide groups is 2. The lowest BCUT2D eigenvalue weighted by Gasteiger charge is -2.26. The van der Waals surface area contributed by atoms with Gasteiger partial charge in [-0.25, -0.2) is 9.69 Å². The first-order valence-corrected chi connectivity index (χ1v) is 10.4. The van der Waals surface area contributed by atoms with Gasteiger partial charge in [-0.2, -0.15) is 0 Å². The van der Waals surface area contributed by atoms with E-state index in [1.54, 1.807) is 24.3 Å². The maximum absolute atomic E-state index is 13.0. The number of carbonyl (C=O) groups is 3. The van der Waals surface area contributed by atoms with E-state index in [9.17, 15) is 19.5 Å². The molecule has 4 amide bonds. The Kier molecular flexibility index (Phi) is 6.04. The lowest BCUT2D eigenvalue weighted by Crippen LogP contribution is -2.54. The van der Waals surface area contributed by atoms with Crippen molar-refractivity contribution in [3.05, 3.63) is 94.0 Å². The van der Waals surface area contributed by atoms with Crippen LogP contribution in [-0.4, -0.2) is 23.0 Å². The summed E-state index contributed by atoms with van der Waals surface area (Å²) in [6.07, 6.45) is 1.40. The third-order valence-corrected chi connectivity index (χ3v) is 5.26. The maximum Gasteiger partial charge on any atom is 0.335 e. The molecule has 7 nitrogen and oxygen atoms in total. The van der Waals surface area contributed by atoms with E-state index in [2.05, 4.69) is 21.2 Å². The molecule has 0 saturated carbocycles. The Hall–Kier alpha value is -3.91. The van der Waals surface area contributed by atoms with Crippen LogP contribution in [0, 0.1) is 0 Å². The summed E-state index contributed by atoms with van der Waals surface area (Å²) in [6.45, 7) is 0.297. The number of benzene rings is 3. The minimum Gasteiger partial charge on any atom is -0.508 e. The normalized spacial score (nSPS) is 15.1. The largest absolute Gasteiger partial charge is 0.508 e. The molecule has 0 spiro atoms.